The highest BCUT2D eigenvalue weighted by molar-refractivity contribution is 5.57. The molecule has 3 rings (SSSR count). The van der Waals surface area contributed by atoms with E-state index in [2.05, 4.69) is 21.7 Å². The van der Waals surface area contributed by atoms with Crippen LogP contribution in [0, 0.1) is 11.8 Å². The van der Waals surface area contributed by atoms with Gasteiger partial charge in [-0.3, -0.25) is 0 Å². The van der Waals surface area contributed by atoms with Crippen molar-refractivity contribution in [1.82, 2.24) is 4.98 Å². The van der Waals surface area contributed by atoms with Crippen LogP contribution in [0.4, 0.5) is 24.7 Å². The van der Waals surface area contributed by atoms with E-state index in [9.17, 15) is 18.4 Å². The van der Waals surface area contributed by atoms with Gasteiger partial charge in [-0.1, -0.05) is 23.5 Å². The van der Waals surface area contributed by atoms with Crippen LogP contribution in [0.25, 0.3) is 0 Å². The molecule has 1 aliphatic heterocycles. The van der Waals surface area contributed by atoms with Gasteiger partial charge in [0.15, 0.2) is 5.82 Å². The molecular weight excluding hydrogens is 355 g/mol. The Bertz CT molecular complexity index is 887. The monoisotopic (exact) mass is 374 g/mol. The summed E-state index contributed by atoms with van der Waals surface area (Å²) in [7, 11) is 0. The number of piperidine rings is 1. The molecule has 1 aromatic carbocycles. The van der Waals surface area contributed by atoms with E-state index < -0.39 is 11.7 Å². The zero-order valence-electron chi connectivity index (χ0n) is 14.5. The lowest BCUT2D eigenvalue weighted by Gasteiger charge is -2.29. The number of aromatic nitrogens is 1. The third kappa shape index (κ3) is 4.88. The zero-order valence-corrected chi connectivity index (χ0v) is 14.5. The van der Waals surface area contributed by atoms with Crippen molar-refractivity contribution in [2.45, 2.75) is 19.0 Å². The summed E-state index contributed by atoms with van der Waals surface area (Å²) in [5.74, 6) is 6.39. The van der Waals surface area contributed by atoms with Crippen LogP contribution in [0.1, 0.15) is 24.0 Å². The number of nitrogens with zero attached hydrogens (tertiary/aromatic N) is 2. The fourth-order valence-corrected chi connectivity index (χ4v) is 2.92. The summed E-state index contributed by atoms with van der Waals surface area (Å²) in [6.07, 6.45) is 0.695. The SMILES string of the molecule is O[NH2+]c1cccnc1N1CCC(=CC#Cc2cccc(C(F)(F)F)c2)CC1. The molecule has 0 spiro atoms. The lowest BCUT2D eigenvalue weighted by Crippen LogP contribution is -2.74. The van der Waals surface area contributed by atoms with Crippen LogP contribution in [-0.4, -0.2) is 23.3 Å². The molecule has 2 heterocycles. The number of alkyl halides is 3. The van der Waals surface area contributed by atoms with E-state index in [1.54, 1.807) is 30.5 Å². The quantitative estimate of drug-likeness (QED) is 0.627. The predicted octanol–water partition coefficient (Wildman–Crippen LogP) is 3.26. The number of hydrogen-bond acceptors (Lipinski definition) is 3. The Morgan fingerprint density at radius 2 is 1.93 bits per heavy atom. The van der Waals surface area contributed by atoms with Gasteiger partial charge in [0.05, 0.1) is 5.56 Å². The lowest BCUT2D eigenvalue weighted by atomic mass is 10.0. The topological polar surface area (TPSA) is 53.0 Å². The van der Waals surface area contributed by atoms with Crippen LogP contribution in [-0.2, 0) is 6.18 Å². The van der Waals surface area contributed by atoms with Crippen LogP contribution < -0.4 is 10.4 Å². The maximum atomic E-state index is 12.7. The highest BCUT2D eigenvalue weighted by Gasteiger charge is 2.30. The number of nitrogens with two attached hydrogens (primary N) is 1. The van der Waals surface area contributed by atoms with Gasteiger partial charge in [-0.2, -0.15) is 18.7 Å². The first-order valence-electron chi connectivity index (χ1n) is 8.51. The third-order valence-electron chi connectivity index (χ3n) is 4.34. The van der Waals surface area contributed by atoms with Gasteiger partial charge in [0, 0.05) is 30.9 Å². The number of pyridine rings is 1. The van der Waals surface area contributed by atoms with Crippen LogP contribution in [0.3, 0.4) is 0 Å². The van der Waals surface area contributed by atoms with Crippen LogP contribution >= 0.6 is 0 Å². The summed E-state index contributed by atoms with van der Waals surface area (Å²) in [5, 5.41) is 9.30. The van der Waals surface area contributed by atoms with E-state index in [0.29, 0.717) is 11.3 Å². The Morgan fingerprint density at radius 1 is 1.15 bits per heavy atom. The number of hydrogen-bond donors (Lipinski definition) is 2. The minimum Gasteiger partial charge on any atom is -0.351 e. The Morgan fingerprint density at radius 3 is 2.63 bits per heavy atom. The lowest BCUT2D eigenvalue weighted by molar-refractivity contribution is -0.825. The molecule has 0 aliphatic carbocycles. The van der Waals surface area contributed by atoms with Crippen LogP contribution in [0.2, 0.25) is 0 Å². The largest absolute Gasteiger partial charge is 0.416 e. The zero-order chi connectivity index (χ0) is 19.3. The maximum absolute atomic E-state index is 12.7. The van der Waals surface area contributed by atoms with Crippen LogP contribution in [0.5, 0.6) is 0 Å². The van der Waals surface area contributed by atoms with E-state index in [4.69, 9.17) is 0 Å². The highest BCUT2D eigenvalue weighted by atomic mass is 19.4. The van der Waals surface area contributed by atoms with E-state index in [1.807, 2.05) is 0 Å². The van der Waals surface area contributed by atoms with E-state index in [0.717, 1.165) is 54.9 Å². The number of halogens is 3. The summed E-state index contributed by atoms with van der Waals surface area (Å²) >= 11 is 0. The van der Waals surface area contributed by atoms with E-state index in [1.165, 1.54) is 6.07 Å². The second-order valence-electron chi connectivity index (χ2n) is 6.18. The smallest absolute Gasteiger partial charge is 0.351 e. The number of benzene rings is 1. The molecule has 4 nitrogen and oxygen atoms in total. The highest BCUT2D eigenvalue weighted by Crippen LogP contribution is 2.29. The average molecular weight is 374 g/mol. The molecule has 0 bridgehead atoms. The summed E-state index contributed by atoms with van der Waals surface area (Å²) in [6.45, 7) is 1.49. The first-order valence-corrected chi connectivity index (χ1v) is 8.51. The second-order valence-corrected chi connectivity index (χ2v) is 6.18. The summed E-state index contributed by atoms with van der Waals surface area (Å²) in [6, 6.07) is 8.59. The molecule has 7 heteroatoms. The molecule has 3 N–H and O–H groups in total. The molecule has 140 valence electrons. The minimum atomic E-state index is -4.36. The van der Waals surface area contributed by atoms with Gasteiger partial charge in [0.1, 0.15) is 0 Å². The van der Waals surface area contributed by atoms with Crippen molar-refractivity contribution in [3.8, 4) is 11.8 Å². The van der Waals surface area contributed by atoms with Crippen molar-refractivity contribution in [3.05, 3.63) is 65.4 Å². The van der Waals surface area contributed by atoms with Gasteiger partial charge in [-0.05, 0) is 43.2 Å². The Hall–Kier alpha value is -2.82. The van der Waals surface area contributed by atoms with E-state index in [-0.39, 0.29) is 0 Å². The first kappa shape index (κ1) is 19.0. The molecule has 0 unspecified atom stereocenters. The first-order chi connectivity index (χ1) is 13.0. The molecule has 0 amide bonds. The van der Waals surface area contributed by atoms with E-state index >= 15 is 0 Å². The summed E-state index contributed by atoms with van der Waals surface area (Å²) in [4.78, 5) is 6.42. The predicted molar refractivity (Wildman–Crippen MR) is 95.5 cm³/mol. The van der Waals surface area contributed by atoms with Crippen molar-refractivity contribution in [2.75, 3.05) is 18.0 Å². The van der Waals surface area contributed by atoms with Gasteiger partial charge >= 0.3 is 6.18 Å². The molecule has 1 aromatic heterocycles. The fraction of sp³-hybridized carbons (Fsp3) is 0.250. The van der Waals surface area contributed by atoms with Gasteiger partial charge in [-0.25, -0.2) is 10.2 Å². The number of allylic oxidation sites excluding steroid dienone is 1. The Kier molecular flexibility index (Phi) is 5.79. The molecular formula is C20H19F3N3O+. The average Bonchev–Trinajstić information content (AvgIpc) is 2.68. The Balaban J connectivity index is 1.64. The molecule has 1 saturated heterocycles. The van der Waals surface area contributed by atoms with Gasteiger partial charge in [-0.15, -0.1) is 0 Å². The second kappa shape index (κ2) is 8.25. The van der Waals surface area contributed by atoms with Gasteiger partial charge in [0.2, 0.25) is 5.69 Å². The molecule has 0 saturated carbocycles. The van der Waals surface area contributed by atoms with Crippen molar-refractivity contribution >= 4 is 11.5 Å². The summed E-state index contributed by atoms with van der Waals surface area (Å²) in [5.41, 5.74) is 2.53. The van der Waals surface area contributed by atoms with Gasteiger partial charge < -0.3 is 4.90 Å². The molecule has 1 aliphatic rings. The fourth-order valence-electron chi connectivity index (χ4n) is 2.92. The van der Waals surface area contributed by atoms with Crippen LogP contribution in [0.15, 0.2) is 54.2 Å². The molecule has 1 fully saturated rings. The minimum absolute atomic E-state index is 0.343. The van der Waals surface area contributed by atoms with Crippen molar-refractivity contribution in [2.24, 2.45) is 0 Å². The molecule has 2 aromatic rings. The van der Waals surface area contributed by atoms with Crippen molar-refractivity contribution < 1.29 is 23.9 Å². The van der Waals surface area contributed by atoms with Gasteiger partial charge in [0.25, 0.3) is 0 Å². The third-order valence-corrected chi connectivity index (χ3v) is 4.34. The summed E-state index contributed by atoms with van der Waals surface area (Å²) < 4.78 is 38.2. The molecule has 0 atom stereocenters. The van der Waals surface area contributed by atoms with Crippen molar-refractivity contribution in [3.63, 3.8) is 0 Å². The molecule has 27 heavy (non-hydrogen) atoms. The maximum Gasteiger partial charge on any atom is 0.416 e. The van der Waals surface area contributed by atoms with Crippen molar-refractivity contribution in [1.29, 1.82) is 0 Å². The Labute approximate surface area is 155 Å². The molecule has 0 radical (unpaired) electrons. The normalized spacial score (nSPS) is 14.5. The standard InChI is InChI=1S/C20H18F3N3O/c21-20(22,23)17-7-2-6-16(14-17)5-1-4-15-9-12-26(13-10-15)19-18(25-27)8-3-11-24-19/h2-4,6-8,11,14,25,27H,9-10,12-13H2/p+1. The number of anilines is 1. The number of rotatable bonds is 2. The number of quaternary nitrogens is 1.